The van der Waals surface area contributed by atoms with E-state index in [9.17, 15) is 17.5 Å². The molecule has 1 nitrogen and oxygen atoms in total. The maximum absolute atomic E-state index is 12.0. The molecule has 0 N–H and O–H groups in total. The van der Waals surface area contributed by atoms with E-state index in [2.05, 4.69) is 0 Å². The van der Waals surface area contributed by atoms with E-state index in [1.807, 2.05) is 0 Å². The van der Waals surface area contributed by atoms with E-state index in [1.54, 1.807) is 37.6 Å². The lowest BCUT2D eigenvalue weighted by Crippen LogP contribution is -2.15. The second-order valence-electron chi connectivity index (χ2n) is 4.27. The van der Waals surface area contributed by atoms with Crippen LogP contribution in [0.2, 0.25) is 6.32 Å². The molecule has 0 fully saturated rings. The van der Waals surface area contributed by atoms with Crippen LogP contribution in [0, 0.1) is 0 Å². The number of rotatable bonds is 4. The van der Waals surface area contributed by atoms with E-state index in [0.717, 1.165) is 0 Å². The lowest BCUT2D eigenvalue weighted by Gasteiger charge is -2.13. The Balaban J connectivity index is 2.69. The van der Waals surface area contributed by atoms with Crippen LogP contribution < -0.4 is 5.30 Å². The van der Waals surface area contributed by atoms with Gasteiger partial charge in [-0.25, -0.2) is 0 Å². The second-order valence-corrected chi connectivity index (χ2v) is 7.48. The average Bonchev–Trinajstić information content (AvgIpc) is 2.13. The highest BCUT2D eigenvalue weighted by Crippen LogP contribution is 2.34. The van der Waals surface area contributed by atoms with Crippen LogP contribution in [-0.4, -0.2) is 20.3 Å². The van der Waals surface area contributed by atoms with Crippen LogP contribution in [0.25, 0.3) is 0 Å². The van der Waals surface area contributed by atoms with Crippen molar-refractivity contribution in [3.63, 3.8) is 0 Å². The normalized spacial score (nSPS) is 12.8. The summed E-state index contributed by atoms with van der Waals surface area (Å²) in [6, 6.07) is 6.55. The summed E-state index contributed by atoms with van der Waals surface area (Å²) < 4.78 is 47.8. The summed E-state index contributed by atoms with van der Waals surface area (Å²) in [4.78, 5) is 0. The fraction of sp³-hybridized carbons (Fsp3) is 0.400. The molecule has 0 aromatic heterocycles. The van der Waals surface area contributed by atoms with Gasteiger partial charge < -0.3 is 17.5 Å². The standard InChI is InChI=1S/C10H14BF3OP/c1-16(2,15)10-5-3-9(4-6-10)7-8-11(12,13)14/h3-6H,7-8H2,1-2H3/q-1. The first-order valence-electron chi connectivity index (χ1n) is 5.04. The van der Waals surface area contributed by atoms with E-state index in [4.69, 9.17) is 0 Å². The van der Waals surface area contributed by atoms with Crippen molar-refractivity contribution in [1.82, 2.24) is 0 Å². The third-order valence-corrected chi connectivity index (χ3v) is 3.86. The van der Waals surface area contributed by atoms with Crippen molar-refractivity contribution in [2.45, 2.75) is 12.7 Å². The minimum atomic E-state index is -4.72. The Morgan fingerprint density at radius 2 is 1.62 bits per heavy atom. The first-order valence-corrected chi connectivity index (χ1v) is 7.64. The highest BCUT2D eigenvalue weighted by Gasteiger charge is 2.22. The number of benzene rings is 1. The van der Waals surface area contributed by atoms with Crippen molar-refractivity contribution in [1.29, 1.82) is 0 Å². The number of hydrogen-bond acceptors (Lipinski definition) is 1. The fourth-order valence-corrected chi connectivity index (χ4v) is 2.22. The first-order chi connectivity index (χ1) is 7.18. The summed E-state index contributed by atoms with van der Waals surface area (Å²) in [5, 5.41) is 0.703. The summed E-state index contributed by atoms with van der Waals surface area (Å²) in [6.45, 7) is -1.44. The van der Waals surface area contributed by atoms with Gasteiger partial charge in [-0.3, -0.25) is 0 Å². The molecule has 0 atom stereocenters. The maximum Gasteiger partial charge on any atom is 0.478 e. The van der Waals surface area contributed by atoms with Crippen molar-refractivity contribution in [3.8, 4) is 0 Å². The molecule has 0 unspecified atom stereocenters. The number of hydrogen-bond donors (Lipinski definition) is 0. The molecule has 0 aliphatic rings. The van der Waals surface area contributed by atoms with Gasteiger partial charge >= 0.3 is 6.98 Å². The Kier molecular flexibility index (Phi) is 3.90. The third-order valence-electron chi connectivity index (χ3n) is 2.32. The van der Waals surface area contributed by atoms with E-state index >= 15 is 0 Å². The highest BCUT2D eigenvalue weighted by molar-refractivity contribution is 7.70. The Morgan fingerprint density at radius 3 is 2.00 bits per heavy atom. The van der Waals surface area contributed by atoms with Crippen LogP contribution in [0.15, 0.2) is 24.3 Å². The van der Waals surface area contributed by atoms with Gasteiger partial charge in [-0.1, -0.05) is 42.6 Å². The second kappa shape index (κ2) is 4.66. The smallest absolute Gasteiger partial charge is 0.449 e. The summed E-state index contributed by atoms with van der Waals surface area (Å²) in [5.74, 6) is 0. The summed E-state index contributed by atoms with van der Waals surface area (Å²) in [5.41, 5.74) is 0.636. The minimum absolute atomic E-state index is 0.00150. The first kappa shape index (κ1) is 13.4. The molecule has 1 rings (SSSR count). The topological polar surface area (TPSA) is 17.1 Å². The molecule has 1 aromatic rings. The predicted octanol–water partition coefficient (Wildman–Crippen LogP) is 3.32. The Morgan fingerprint density at radius 1 is 1.12 bits per heavy atom. The van der Waals surface area contributed by atoms with Gasteiger partial charge in [0.1, 0.15) is 7.14 Å². The van der Waals surface area contributed by atoms with Gasteiger partial charge in [0.05, 0.1) is 0 Å². The molecule has 90 valence electrons. The van der Waals surface area contributed by atoms with E-state index in [-0.39, 0.29) is 6.42 Å². The van der Waals surface area contributed by atoms with Crippen LogP contribution in [0.3, 0.4) is 0 Å². The summed E-state index contributed by atoms with van der Waals surface area (Å²) in [6.07, 6.45) is -0.753. The quantitative estimate of drug-likeness (QED) is 0.590. The van der Waals surface area contributed by atoms with Crippen LogP contribution in [0.1, 0.15) is 5.56 Å². The van der Waals surface area contributed by atoms with Crippen molar-refractivity contribution in [2.75, 3.05) is 13.3 Å². The zero-order valence-corrected chi connectivity index (χ0v) is 10.2. The van der Waals surface area contributed by atoms with Gasteiger partial charge in [0.15, 0.2) is 0 Å². The van der Waals surface area contributed by atoms with Crippen LogP contribution in [0.4, 0.5) is 12.9 Å². The van der Waals surface area contributed by atoms with E-state index in [0.29, 0.717) is 10.9 Å². The number of aryl methyl sites for hydroxylation is 1. The molecule has 0 aliphatic carbocycles. The summed E-state index contributed by atoms with van der Waals surface area (Å²) >= 11 is 0. The average molecular weight is 249 g/mol. The van der Waals surface area contributed by atoms with Gasteiger partial charge in [-0.15, -0.1) is 0 Å². The molecular weight excluding hydrogens is 235 g/mol. The van der Waals surface area contributed by atoms with Crippen LogP contribution >= 0.6 is 7.14 Å². The van der Waals surface area contributed by atoms with Crippen molar-refractivity contribution >= 4 is 19.4 Å². The van der Waals surface area contributed by atoms with E-state index < -0.39 is 20.4 Å². The van der Waals surface area contributed by atoms with Gasteiger partial charge in [0, 0.05) is 5.30 Å². The molecule has 6 heteroatoms. The molecule has 0 saturated heterocycles. The fourth-order valence-electron chi connectivity index (χ4n) is 1.35. The molecule has 0 saturated carbocycles. The van der Waals surface area contributed by atoms with Crippen LogP contribution in [0.5, 0.6) is 0 Å². The van der Waals surface area contributed by atoms with Gasteiger partial charge in [-0.2, -0.15) is 0 Å². The SMILES string of the molecule is CP(C)(=O)c1ccc(CC[B-](F)(F)F)cc1. The summed E-state index contributed by atoms with van der Waals surface area (Å²) in [7, 11) is -2.31. The monoisotopic (exact) mass is 249 g/mol. The molecule has 0 heterocycles. The Bertz CT molecular complexity index is 394. The largest absolute Gasteiger partial charge is 0.478 e. The van der Waals surface area contributed by atoms with Gasteiger partial charge in [0.25, 0.3) is 0 Å². The third kappa shape index (κ3) is 4.44. The molecule has 0 aliphatic heterocycles. The van der Waals surface area contributed by atoms with Gasteiger partial charge in [-0.05, 0) is 13.3 Å². The zero-order chi connectivity index (χ0) is 12.4. The lowest BCUT2D eigenvalue weighted by atomic mass is 9.83. The molecule has 0 bridgehead atoms. The van der Waals surface area contributed by atoms with Crippen LogP contribution in [-0.2, 0) is 11.0 Å². The maximum atomic E-state index is 12.0. The Labute approximate surface area is 93.5 Å². The van der Waals surface area contributed by atoms with Crippen molar-refractivity contribution in [2.24, 2.45) is 0 Å². The molecule has 1 aromatic carbocycles. The predicted molar refractivity (Wildman–Crippen MR) is 63.1 cm³/mol. The molecule has 0 radical (unpaired) electrons. The van der Waals surface area contributed by atoms with Crippen molar-refractivity contribution < 1.29 is 17.5 Å². The molecule has 16 heavy (non-hydrogen) atoms. The molecule has 0 spiro atoms. The molecular formula is C10H14BF3OP-. The molecule has 0 amide bonds. The van der Waals surface area contributed by atoms with E-state index in [1.165, 1.54) is 0 Å². The lowest BCUT2D eigenvalue weighted by molar-refractivity contribution is 0.467. The van der Waals surface area contributed by atoms with Crippen molar-refractivity contribution in [3.05, 3.63) is 29.8 Å². The zero-order valence-electron chi connectivity index (χ0n) is 9.29. The Hall–Kier alpha value is -0.695. The highest BCUT2D eigenvalue weighted by atomic mass is 31.2. The van der Waals surface area contributed by atoms with Gasteiger partial charge in [0.2, 0.25) is 0 Å². The number of halogens is 3. The minimum Gasteiger partial charge on any atom is -0.449 e.